The molecule has 2 atom stereocenters. The number of halogens is 1. The van der Waals surface area contributed by atoms with Gasteiger partial charge in [0.05, 0.1) is 0 Å². The number of hydrogen-bond donors (Lipinski definition) is 3. The predicted molar refractivity (Wildman–Crippen MR) is 110 cm³/mol. The molecule has 0 heterocycles. The minimum absolute atomic E-state index is 0.189. The zero-order chi connectivity index (χ0) is 21.5. The molecule has 0 saturated carbocycles. The Bertz CT molecular complexity index is 684. The molecule has 0 fully saturated rings. The lowest BCUT2D eigenvalue weighted by molar-refractivity contribution is -0.128. The summed E-state index contributed by atoms with van der Waals surface area (Å²) in [6.07, 6.45) is -0.683. The van der Waals surface area contributed by atoms with Gasteiger partial charge in [-0.15, -0.1) is 11.6 Å². The molecular weight excluding hydrogens is 382 g/mol. The van der Waals surface area contributed by atoms with E-state index in [1.165, 1.54) is 0 Å². The summed E-state index contributed by atoms with van der Waals surface area (Å²) >= 11 is 5.75. The van der Waals surface area contributed by atoms with E-state index in [1.54, 1.807) is 53.7 Å². The van der Waals surface area contributed by atoms with Crippen LogP contribution in [0.5, 0.6) is 0 Å². The number of alkyl carbamates (subject to hydrolysis) is 1. The summed E-state index contributed by atoms with van der Waals surface area (Å²) in [4.78, 5) is 36.9. The first-order valence-corrected chi connectivity index (χ1v) is 9.72. The van der Waals surface area contributed by atoms with Crippen LogP contribution in [0.2, 0.25) is 0 Å². The summed E-state index contributed by atoms with van der Waals surface area (Å²) < 4.78 is 5.20. The number of anilines is 1. The van der Waals surface area contributed by atoms with Gasteiger partial charge in [-0.1, -0.05) is 26.0 Å². The van der Waals surface area contributed by atoms with Gasteiger partial charge in [0.25, 0.3) is 0 Å². The number of hydrogen-bond acceptors (Lipinski definition) is 4. The standard InChI is InChI=1S/C20H30ClN3O4/c1-12(2)16(24-19(27)28-20(4,5)6)18(26)22-13(3)17(25)23-15-9-7-14(11-21)8-10-15/h7-10,12-13,16H,11H2,1-6H3,(H,22,26)(H,23,25)(H,24,27)/t13-,16-/m0/s1. The Morgan fingerprint density at radius 2 is 1.57 bits per heavy atom. The van der Waals surface area contributed by atoms with Crippen LogP contribution in [0.3, 0.4) is 0 Å². The fraction of sp³-hybridized carbons (Fsp3) is 0.550. The van der Waals surface area contributed by atoms with Crippen LogP contribution >= 0.6 is 11.6 Å². The van der Waals surface area contributed by atoms with E-state index >= 15 is 0 Å². The van der Waals surface area contributed by atoms with E-state index in [9.17, 15) is 14.4 Å². The molecule has 28 heavy (non-hydrogen) atoms. The fourth-order valence-corrected chi connectivity index (χ4v) is 2.44. The molecule has 0 aliphatic rings. The van der Waals surface area contributed by atoms with Crippen LogP contribution in [0.15, 0.2) is 24.3 Å². The van der Waals surface area contributed by atoms with Crippen LogP contribution in [0, 0.1) is 5.92 Å². The number of amides is 3. The van der Waals surface area contributed by atoms with Gasteiger partial charge in [0.2, 0.25) is 11.8 Å². The second-order valence-electron chi connectivity index (χ2n) is 7.92. The SMILES string of the molecule is CC(C)[C@H](NC(=O)OC(C)(C)C)C(=O)N[C@@H](C)C(=O)Nc1ccc(CCl)cc1. The van der Waals surface area contributed by atoms with Crippen LogP contribution in [0.4, 0.5) is 10.5 Å². The maximum absolute atomic E-state index is 12.6. The number of benzene rings is 1. The zero-order valence-corrected chi connectivity index (χ0v) is 18.0. The molecule has 0 saturated heterocycles. The Kier molecular flexibility index (Phi) is 8.75. The van der Waals surface area contributed by atoms with E-state index in [1.807, 2.05) is 12.1 Å². The Morgan fingerprint density at radius 1 is 1.00 bits per heavy atom. The molecule has 1 aromatic carbocycles. The molecule has 156 valence electrons. The van der Waals surface area contributed by atoms with E-state index in [-0.39, 0.29) is 11.8 Å². The molecule has 0 bridgehead atoms. The average molecular weight is 412 g/mol. The minimum Gasteiger partial charge on any atom is -0.444 e. The summed E-state index contributed by atoms with van der Waals surface area (Å²) in [5.74, 6) is -0.624. The number of alkyl halides is 1. The summed E-state index contributed by atoms with van der Waals surface area (Å²) in [5, 5.41) is 7.92. The van der Waals surface area contributed by atoms with Crippen LogP contribution in [0.1, 0.15) is 47.1 Å². The number of carbonyl (C=O) groups excluding carboxylic acids is 3. The van der Waals surface area contributed by atoms with Gasteiger partial charge in [0.15, 0.2) is 0 Å². The van der Waals surface area contributed by atoms with Gasteiger partial charge in [0, 0.05) is 11.6 Å². The minimum atomic E-state index is -0.826. The molecule has 0 unspecified atom stereocenters. The van der Waals surface area contributed by atoms with Gasteiger partial charge in [-0.3, -0.25) is 9.59 Å². The first-order chi connectivity index (χ1) is 12.9. The van der Waals surface area contributed by atoms with Crippen LogP contribution in [-0.2, 0) is 20.2 Å². The van der Waals surface area contributed by atoms with Crippen molar-refractivity contribution in [2.24, 2.45) is 5.92 Å². The van der Waals surface area contributed by atoms with E-state index < -0.39 is 29.7 Å². The Balaban J connectivity index is 2.67. The third-order valence-corrected chi connectivity index (χ3v) is 4.06. The lowest BCUT2D eigenvalue weighted by atomic mass is 10.0. The van der Waals surface area contributed by atoms with Crippen molar-refractivity contribution >= 4 is 35.2 Å². The van der Waals surface area contributed by atoms with Gasteiger partial charge in [0.1, 0.15) is 17.7 Å². The molecule has 0 spiro atoms. The lowest BCUT2D eigenvalue weighted by Crippen LogP contribution is -2.54. The maximum Gasteiger partial charge on any atom is 0.408 e. The largest absolute Gasteiger partial charge is 0.444 e. The van der Waals surface area contributed by atoms with Gasteiger partial charge >= 0.3 is 6.09 Å². The predicted octanol–water partition coefficient (Wildman–Crippen LogP) is 3.42. The molecule has 0 aliphatic heterocycles. The summed E-state index contributed by atoms with van der Waals surface area (Å²) in [7, 11) is 0. The normalized spacial score (nSPS) is 13.4. The molecule has 0 aliphatic carbocycles. The van der Waals surface area contributed by atoms with E-state index in [2.05, 4.69) is 16.0 Å². The first kappa shape index (κ1) is 23.8. The topological polar surface area (TPSA) is 96.5 Å². The lowest BCUT2D eigenvalue weighted by Gasteiger charge is -2.26. The molecule has 0 radical (unpaired) electrons. The van der Waals surface area contributed by atoms with E-state index in [0.717, 1.165) is 5.56 Å². The second kappa shape index (κ2) is 10.3. The van der Waals surface area contributed by atoms with Crippen molar-refractivity contribution in [1.29, 1.82) is 0 Å². The van der Waals surface area contributed by atoms with Gasteiger partial charge in [-0.25, -0.2) is 4.79 Å². The van der Waals surface area contributed by atoms with Gasteiger partial charge in [-0.2, -0.15) is 0 Å². The van der Waals surface area contributed by atoms with Gasteiger partial charge in [-0.05, 0) is 51.3 Å². The van der Waals surface area contributed by atoms with Crippen molar-refractivity contribution in [3.63, 3.8) is 0 Å². The molecule has 1 aromatic rings. The molecule has 8 heteroatoms. The Morgan fingerprint density at radius 3 is 2.04 bits per heavy atom. The number of nitrogens with one attached hydrogen (secondary N) is 3. The Labute approximate surface area is 171 Å². The molecule has 0 aromatic heterocycles. The smallest absolute Gasteiger partial charge is 0.408 e. The molecule has 3 N–H and O–H groups in total. The van der Waals surface area contributed by atoms with E-state index in [0.29, 0.717) is 11.6 Å². The third kappa shape index (κ3) is 8.17. The van der Waals surface area contributed by atoms with Crippen molar-refractivity contribution in [1.82, 2.24) is 10.6 Å². The third-order valence-electron chi connectivity index (χ3n) is 3.75. The van der Waals surface area contributed by atoms with Crippen LogP contribution in [-0.4, -0.2) is 35.6 Å². The molecule has 1 rings (SSSR count). The second-order valence-corrected chi connectivity index (χ2v) is 8.19. The van der Waals surface area contributed by atoms with Crippen molar-refractivity contribution < 1.29 is 19.1 Å². The number of rotatable bonds is 7. The highest BCUT2D eigenvalue weighted by Crippen LogP contribution is 2.12. The molecule has 7 nitrogen and oxygen atoms in total. The van der Waals surface area contributed by atoms with E-state index in [4.69, 9.17) is 16.3 Å². The van der Waals surface area contributed by atoms with Gasteiger partial charge < -0.3 is 20.7 Å². The van der Waals surface area contributed by atoms with Crippen molar-refractivity contribution in [3.05, 3.63) is 29.8 Å². The van der Waals surface area contributed by atoms with Crippen molar-refractivity contribution in [3.8, 4) is 0 Å². The fourth-order valence-electron chi connectivity index (χ4n) is 2.27. The average Bonchev–Trinajstić information content (AvgIpc) is 2.58. The maximum atomic E-state index is 12.6. The highest BCUT2D eigenvalue weighted by atomic mass is 35.5. The molecule has 3 amide bonds. The first-order valence-electron chi connectivity index (χ1n) is 9.18. The highest BCUT2D eigenvalue weighted by molar-refractivity contribution is 6.17. The molecular formula is C20H30ClN3O4. The summed E-state index contributed by atoms with van der Waals surface area (Å²) in [6, 6.07) is 5.49. The monoisotopic (exact) mass is 411 g/mol. The quantitative estimate of drug-likeness (QED) is 0.599. The highest BCUT2D eigenvalue weighted by Gasteiger charge is 2.28. The number of carbonyl (C=O) groups is 3. The van der Waals surface area contributed by atoms with Crippen molar-refractivity contribution in [2.75, 3.05) is 5.32 Å². The number of ether oxygens (including phenoxy) is 1. The van der Waals surface area contributed by atoms with Crippen molar-refractivity contribution in [2.45, 2.75) is 65.1 Å². The Hall–Kier alpha value is -2.28. The zero-order valence-electron chi connectivity index (χ0n) is 17.3. The summed E-state index contributed by atoms with van der Waals surface area (Å²) in [6.45, 7) is 10.4. The van der Waals surface area contributed by atoms with Crippen LogP contribution in [0.25, 0.3) is 0 Å². The van der Waals surface area contributed by atoms with Crippen LogP contribution < -0.4 is 16.0 Å². The summed E-state index contributed by atoms with van der Waals surface area (Å²) in [5.41, 5.74) is 0.870.